The molecule has 14 heavy (non-hydrogen) atoms. The van der Waals surface area contributed by atoms with Crippen LogP contribution in [0.25, 0.3) is 0 Å². The highest BCUT2D eigenvalue weighted by Crippen LogP contribution is 2.20. The largest absolute Gasteiger partial charge is 0.329 e. The van der Waals surface area contributed by atoms with Crippen LogP contribution in [0.2, 0.25) is 0 Å². The van der Waals surface area contributed by atoms with Crippen molar-refractivity contribution in [1.82, 2.24) is 4.90 Å². The van der Waals surface area contributed by atoms with Crippen LogP contribution in [0, 0.1) is 0 Å². The number of thioether (sulfide) groups is 2. The van der Waals surface area contributed by atoms with Gasteiger partial charge in [0.2, 0.25) is 0 Å². The summed E-state index contributed by atoms with van der Waals surface area (Å²) in [5, 5.41) is 0. The van der Waals surface area contributed by atoms with Gasteiger partial charge in [0.15, 0.2) is 0 Å². The quantitative estimate of drug-likeness (QED) is 0.781. The first-order valence-electron chi connectivity index (χ1n) is 5.32. The Bertz CT molecular complexity index is 155. The zero-order valence-electron chi connectivity index (χ0n) is 9.24. The van der Waals surface area contributed by atoms with Crippen molar-refractivity contribution in [3.63, 3.8) is 0 Å². The monoisotopic (exact) mass is 234 g/mol. The lowest BCUT2D eigenvalue weighted by atomic mass is 10.1. The Morgan fingerprint density at radius 2 is 2.43 bits per heavy atom. The van der Waals surface area contributed by atoms with Gasteiger partial charge in [0.25, 0.3) is 0 Å². The molecule has 2 N–H and O–H groups in total. The van der Waals surface area contributed by atoms with Crippen molar-refractivity contribution in [2.45, 2.75) is 25.4 Å². The van der Waals surface area contributed by atoms with Crippen LogP contribution < -0.4 is 5.73 Å². The predicted octanol–water partition coefficient (Wildman–Crippen LogP) is 1.50. The van der Waals surface area contributed by atoms with Gasteiger partial charge in [-0.1, -0.05) is 0 Å². The number of hydrogen-bond donors (Lipinski definition) is 1. The van der Waals surface area contributed by atoms with Gasteiger partial charge in [0.05, 0.1) is 0 Å². The van der Waals surface area contributed by atoms with Gasteiger partial charge in [-0.25, -0.2) is 0 Å². The van der Waals surface area contributed by atoms with E-state index in [0.29, 0.717) is 12.1 Å². The van der Waals surface area contributed by atoms with E-state index in [0.717, 1.165) is 6.54 Å². The lowest BCUT2D eigenvalue weighted by molar-refractivity contribution is 0.162. The standard InChI is InChI=1S/C10H22N2S2/c1-9-8-14-6-4-12(9)10(7-11)3-5-13-2/h9-10H,3-8,11H2,1-2H3. The van der Waals surface area contributed by atoms with Crippen LogP contribution in [-0.4, -0.2) is 53.6 Å². The molecular formula is C10H22N2S2. The van der Waals surface area contributed by atoms with Gasteiger partial charge < -0.3 is 5.73 Å². The molecule has 1 aliphatic heterocycles. The van der Waals surface area contributed by atoms with E-state index < -0.39 is 0 Å². The maximum atomic E-state index is 5.85. The highest BCUT2D eigenvalue weighted by atomic mass is 32.2. The molecule has 0 aromatic carbocycles. The smallest absolute Gasteiger partial charge is 0.0229 e. The number of rotatable bonds is 5. The number of nitrogens with two attached hydrogens (primary N) is 1. The summed E-state index contributed by atoms with van der Waals surface area (Å²) in [5.41, 5.74) is 5.85. The summed E-state index contributed by atoms with van der Waals surface area (Å²) in [7, 11) is 0. The molecule has 0 saturated carbocycles. The molecule has 0 amide bonds. The van der Waals surface area contributed by atoms with Crippen molar-refractivity contribution in [2.24, 2.45) is 5.73 Å². The highest BCUT2D eigenvalue weighted by molar-refractivity contribution is 7.99. The molecule has 1 aliphatic rings. The molecule has 1 heterocycles. The summed E-state index contributed by atoms with van der Waals surface area (Å²) in [6, 6.07) is 1.32. The van der Waals surface area contributed by atoms with Crippen molar-refractivity contribution in [3.05, 3.63) is 0 Å². The van der Waals surface area contributed by atoms with Gasteiger partial charge >= 0.3 is 0 Å². The predicted molar refractivity (Wildman–Crippen MR) is 69.3 cm³/mol. The normalized spacial score (nSPS) is 26.4. The molecule has 0 aliphatic carbocycles. The molecule has 4 heteroatoms. The summed E-state index contributed by atoms with van der Waals surface area (Å²) < 4.78 is 0. The Hall–Kier alpha value is 0.620. The van der Waals surface area contributed by atoms with E-state index in [1.54, 1.807) is 0 Å². The first-order valence-corrected chi connectivity index (χ1v) is 7.87. The number of hydrogen-bond acceptors (Lipinski definition) is 4. The second-order valence-corrected chi connectivity index (χ2v) is 5.97. The van der Waals surface area contributed by atoms with Gasteiger partial charge in [0, 0.05) is 36.7 Å². The minimum absolute atomic E-state index is 0.610. The molecular weight excluding hydrogens is 212 g/mol. The van der Waals surface area contributed by atoms with E-state index in [4.69, 9.17) is 5.73 Å². The summed E-state index contributed by atoms with van der Waals surface area (Å²) in [6.07, 6.45) is 3.41. The fraction of sp³-hybridized carbons (Fsp3) is 1.00. The first-order chi connectivity index (χ1) is 6.79. The highest BCUT2D eigenvalue weighted by Gasteiger charge is 2.24. The van der Waals surface area contributed by atoms with Gasteiger partial charge in [-0.15, -0.1) is 0 Å². The van der Waals surface area contributed by atoms with Crippen LogP contribution in [0.15, 0.2) is 0 Å². The summed E-state index contributed by atoms with van der Waals surface area (Å²) in [6.45, 7) is 4.37. The Morgan fingerprint density at radius 3 is 3.00 bits per heavy atom. The molecule has 0 radical (unpaired) electrons. The van der Waals surface area contributed by atoms with Crippen LogP contribution >= 0.6 is 23.5 Å². The third kappa shape index (κ3) is 3.65. The fourth-order valence-corrected chi connectivity index (χ4v) is 3.50. The van der Waals surface area contributed by atoms with E-state index >= 15 is 0 Å². The second kappa shape index (κ2) is 6.99. The Labute approximate surface area is 96.4 Å². The zero-order chi connectivity index (χ0) is 10.4. The Morgan fingerprint density at radius 1 is 1.64 bits per heavy atom. The molecule has 0 aromatic rings. The average Bonchev–Trinajstić information content (AvgIpc) is 2.21. The summed E-state index contributed by atoms with van der Waals surface area (Å²) in [5.74, 6) is 3.79. The first kappa shape index (κ1) is 12.7. The minimum atomic E-state index is 0.610. The molecule has 2 unspecified atom stereocenters. The average molecular weight is 234 g/mol. The lowest BCUT2D eigenvalue weighted by Crippen LogP contribution is -2.50. The molecule has 0 spiro atoms. The van der Waals surface area contributed by atoms with Crippen LogP contribution in [0.4, 0.5) is 0 Å². The molecule has 1 fully saturated rings. The van der Waals surface area contributed by atoms with E-state index in [9.17, 15) is 0 Å². The van der Waals surface area contributed by atoms with Gasteiger partial charge in [-0.05, 0) is 25.4 Å². The van der Waals surface area contributed by atoms with Crippen LogP contribution in [0.1, 0.15) is 13.3 Å². The Balaban J connectivity index is 2.40. The van der Waals surface area contributed by atoms with Crippen molar-refractivity contribution in [3.8, 4) is 0 Å². The molecule has 1 rings (SSSR count). The number of nitrogens with zero attached hydrogens (tertiary/aromatic N) is 1. The molecule has 2 nitrogen and oxygen atoms in total. The van der Waals surface area contributed by atoms with Crippen LogP contribution in [-0.2, 0) is 0 Å². The minimum Gasteiger partial charge on any atom is -0.329 e. The van der Waals surface area contributed by atoms with E-state index in [-0.39, 0.29) is 0 Å². The van der Waals surface area contributed by atoms with Gasteiger partial charge in [-0.2, -0.15) is 23.5 Å². The second-order valence-electron chi connectivity index (χ2n) is 3.83. The third-order valence-electron chi connectivity index (χ3n) is 2.82. The molecule has 84 valence electrons. The van der Waals surface area contributed by atoms with Crippen molar-refractivity contribution >= 4 is 23.5 Å². The van der Waals surface area contributed by atoms with Crippen molar-refractivity contribution in [2.75, 3.05) is 36.6 Å². The van der Waals surface area contributed by atoms with E-state index in [2.05, 4.69) is 29.8 Å². The maximum Gasteiger partial charge on any atom is 0.0229 e. The van der Waals surface area contributed by atoms with E-state index in [1.165, 1.54) is 30.2 Å². The summed E-state index contributed by atoms with van der Waals surface area (Å²) in [4.78, 5) is 2.60. The van der Waals surface area contributed by atoms with Gasteiger partial charge in [-0.3, -0.25) is 4.90 Å². The molecule has 2 atom stereocenters. The molecule has 0 bridgehead atoms. The topological polar surface area (TPSA) is 29.3 Å². The SMILES string of the molecule is CSCCC(CN)N1CCSCC1C. The third-order valence-corrected chi connectivity index (χ3v) is 4.65. The Kier molecular flexibility index (Phi) is 6.33. The summed E-state index contributed by atoms with van der Waals surface area (Å²) >= 11 is 3.99. The van der Waals surface area contributed by atoms with Crippen molar-refractivity contribution in [1.29, 1.82) is 0 Å². The fourth-order valence-electron chi connectivity index (χ4n) is 1.96. The lowest BCUT2D eigenvalue weighted by Gasteiger charge is -2.38. The van der Waals surface area contributed by atoms with Crippen LogP contribution in [0.3, 0.4) is 0 Å². The van der Waals surface area contributed by atoms with Crippen LogP contribution in [0.5, 0.6) is 0 Å². The maximum absolute atomic E-state index is 5.85. The zero-order valence-corrected chi connectivity index (χ0v) is 10.9. The molecule has 0 aromatic heterocycles. The van der Waals surface area contributed by atoms with Gasteiger partial charge in [0.1, 0.15) is 0 Å². The molecule has 1 saturated heterocycles. The van der Waals surface area contributed by atoms with Crippen molar-refractivity contribution < 1.29 is 0 Å². The van der Waals surface area contributed by atoms with E-state index in [1.807, 2.05) is 11.8 Å².